The van der Waals surface area contributed by atoms with Gasteiger partial charge in [-0.05, 0) is 76.1 Å². The lowest BCUT2D eigenvalue weighted by Gasteiger charge is -2.31. The first-order valence-corrected chi connectivity index (χ1v) is 7.40. The molecule has 0 heterocycles. The molecule has 0 aliphatic heterocycles. The fraction of sp³-hybridized carbons (Fsp3) is 0.647. The van der Waals surface area contributed by atoms with Crippen LogP contribution >= 0.6 is 0 Å². The van der Waals surface area contributed by atoms with E-state index in [9.17, 15) is 0 Å². The van der Waals surface area contributed by atoms with Crippen LogP contribution in [0.4, 0.5) is 0 Å². The molecule has 0 spiro atoms. The summed E-state index contributed by atoms with van der Waals surface area (Å²) in [4.78, 5) is 0. The van der Waals surface area contributed by atoms with Crippen LogP contribution in [0.5, 0.6) is 5.75 Å². The number of methoxy groups -OCH3 is 1. The van der Waals surface area contributed by atoms with Crippen molar-refractivity contribution in [1.29, 1.82) is 0 Å². The molecule has 1 aromatic rings. The zero-order valence-corrected chi connectivity index (χ0v) is 13.0. The summed E-state index contributed by atoms with van der Waals surface area (Å²) in [6, 6.07) is 3.02. The van der Waals surface area contributed by atoms with Crippen molar-refractivity contribution < 1.29 is 4.74 Å². The van der Waals surface area contributed by atoms with E-state index < -0.39 is 0 Å². The molecule has 1 aromatic carbocycles. The molecule has 1 aliphatic rings. The van der Waals surface area contributed by atoms with E-state index >= 15 is 0 Å². The molecule has 0 saturated heterocycles. The summed E-state index contributed by atoms with van der Waals surface area (Å²) >= 11 is 0. The number of ether oxygens (including phenoxy) is 1. The molecule has 0 aromatic heterocycles. The van der Waals surface area contributed by atoms with Crippen LogP contribution in [0.3, 0.4) is 0 Å². The summed E-state index contributed by atoms with van der Waals surface area (Å²) in [7, 11) is 3.89. The molecule has 2 rings (SSSR count). The predicted octanol–water partition coefficient (Wildman–Crippen LogP) is 3.87. The second kappa shape index (κ2) is 5.96. The zero-order valence-electron chi connectivity index (χ0n) is 13.0. The number of aryl methyl sites for hydroxylation is 2. The Bertz CT molecular complexity index is 445. The smallest absolute Gasteiger partial charge is 0.125 e. The maximum absolute atomic E-state index is 5.73. The van der Waals surface area contributed by atoms with Gasteiger partial charge in [0.2, 0.25) is 0 Å². The molecule has 19 heavy (non-hydrogen) atoms. The molecule has 0 atom stereocenters. The van der Waals surface area contributed by atoms with Crippen LogP contribution in [0, 0.1) is 20.8 Å². The van der Waals surface area contributed by atoms with Crippen LogP contribution in [-0.4, -0.2) is 20.2 Å². The van der Waals surface area contributed by atoms with Gasteiger partial charge in [-0.15, -0.1) is 0 Å². The van der Waals surface area contributed by atoms with E-state index in [-0.39, 0.29) is 0 Å². The summed E-state index contributed by atoms with van der Waals surface area (Å²) in [5.74, 6) is 1.80. The van der Waals surface area contributed by atoms with Crippen molar-refractivity contribution in [3.8, 4) is 5.75 Å². The van der Waals surface area contributed by atoms with Crippen LogP contribution in [0.2, 0.25) is 0 Å². The third kappa shape index (κ3) is 2.79. The van der Waals surface area contributed by atoms with Gasteiger partial charge in [-0.1, -0.05) is 6.07 Å². The molecule has 0 bridgehead atoms. The molecule has 1 fully saturated rings. The largest absolute Gasteiger partial charge is 0.496 e. The molecular weight excluding hydrogens is 234 g/mol. The highest BCUT2D eigenvalue weighted by molar-refractivity contribution is 5.51. The monoisotopic (exact) mass is 261 g/mol. The standard InChI is InChI=1S/C17H27NO/c1-11-10-12(2)16(17(19-5)13(11)3)14-6-8-15(18-4)9-7-14/h10,14-15,18H,6-9H2,1-5H3. The summed E-state index contributed by atoms with van der Waals surface area (Å²) < 4.78 is 5.73. The fourth-order valence-electron chi connectivity index (χ4n) is 3.51. The van der Waals surface area contributed by atoms with Crippen LogP contribution in [0.15, 0.2) is 6.07 Å². The molecule has 1 aliphatic carbocycles. The van der Waals surface area contributed by atoms with Crippen molar-refractivity contribution in [2.24, 2.45) is 0 Å². The van der Waals surface area contributed by atoms with E-state index in [1.807, 2.05) is 7.11 Å². The van der Waals surface area contributed by atoms with E-state index in [4.69, 9.17) is 4.74 Å². The van der Waals surface area contributed by atoms with E-state index in [0.29, 0.717) is 12.0 Å². The molecule has 0 amide bonds. The van der Waals surface area contributed by atoms with Crippen molar-refractivity contribution in [3.63, 3.8) is 0 Å². The van der Waals surface area contributed by atoms with Gasteiger partial charge >= 0.3 is 0 Å². The lowest BCUT2D eigenvalue weighted by atomic mass is 9.79. The average molecular weight is 261 g/mol. The maximum atomic E-state index is 5.73. The van der Waals surface area contributed by atoms with Crippen molar-refractivity contribution >= 4 is 0 Å². The Morgan fingerprint density at radius 2 is 1.68 bits per heavy atom. The van der Waals surface area contributed by atoms with Gasteiger partial charge in [-0.2, -0.15) is 0 Å². The van der Waals surface area contributed by atoms with Gasteiger partial charge < -0.3 is 10.1 Å². The van der Waals surface area contributed by atoms with Gasteiger partial charge in [-0.25, -0.2) is 0 Å². The molecule has 0 radical (unpaired) electrons. The Hall–Kier alpha value is -1.02. The second-order valence-corrected chi connectivity index (χ2v) is 5.92. The molecule has 1 saturated carbocycles. The lowest BCUT2D eigenvalue weighted by Crippen LogP contribution is -2.29. The van der Waals surface area contributed by atoms with Crippen molar-refractivity contribution in [1.82, 2.24) is 5.32 Å². The first kappa shape index (κ1) is 14.4. The Labute approximate surface area is 117 Å². The van der Waals surface area contributed by atoms with Crippen molar-refractivity contribution in [3.05, 3.63) is 28.3 Å². The normalized spacial score (nSPS) is 23.4. The topological polar surface area (TPSA) is 21.3 Å². The Balaban J connectivity index is 2.32. The van der Waals surface area contributed by atoms with E-state index in [2.05, 4.69) is 39.2 Å². The highest BCUT2D eigenvalue weighted by Crippen LogP contribution is 2.41. The average Bonchev–Trinajstić information content (AvgIpc) is 2.42. The molecule has 106 valence electrons. The van der Waals surface area contributed by atoms with Gasteiger partial charge in [0.05, 0.1) is 7.11 Å². The van der Waals surface area contributed by atoms with Crippen molar-refractivity contribution in [2.45, 2.75) is 58.4 Å². The van der Waals surface area contributed by atoms with E-state index in [1.165, 1.54) is 47.9 Å². The highest BCUT2D eigenvalue weighted by Gasteiger charge is 2.26. The quantitative estimate of drug-likeness (QED) is 0.892. The van der Waals surface area contributed by atoms with Gasteiger partial charge in [0.1, 0.15) is 5.75 Å². The number of hydrogen-bond donors (Lipinski definition) is 1. The number of nitrogens with one attached hydrogen (secondary N) is 1. The SMILES string of the molecule is CNC1CCC(c2c(C)cc(C)c(C)c2OC)CC1. The lowest BCUT2D eigenvalue weighted by molar-refractivity contribution is 0.344. The first-order valence-electron chi connectivity index (χ1n) is 7.40. The summed E-state index contributed by atoms with van der Waals surface area (Å²) in [6.45, 7) is 6.58. The number of benzene rings is 1. The molecule has 0 unspecified atom stereocenters. The molecular formula is C17H27NO. The third-order valence-corrected chi connectivity index (χ3v) is 4.78. The highest BCUT2D eigenvalue weighted by atomic mass is 16.5. The van der Waals surface area contributed by atoms with Gasteiger partial charge in [0.15, 0.2) is 0 Å². The van der Waals surface area contributed by atoms with Gasteiger partial charge in [-0.3, -0.25) is 0 Å². The first-order chi connectivity index (χ1) is 9.08. The molecule has 2 heteroatoms. The van der Waals surface area contributed by atoms with E-state index in [0.717, 1.165) is 5.75 Å². The summed E-state index contributed by atoms with van der Waals surface area (Å²) in [5.41, 5.74) is 5.49. The minimum atomic E-state index is 0.666. The summed E-state index contributed by atoms with van der Waals surface area (Å²) in [6.07, 6.45) is 5.09. The Morgan fingerprint density at radius 1 is 1.05 bits per heavy atom. The molecule has 1 N–H and O–H groups in total. The second-order valence-electron chi connectivity index (χ2n) is 5.92. The Morgan fingerprint density at radius 3 is 2.21 bits per heavy atom. The number of rotatable bonds is 3. The minimum absolute atomic E-state index is 0.666. The zero-order chi connectivity index (χ0) is 14.0. The van der Waals surface area contributed by atoms with Gasteiger partial charge in [0.25, 0.3) is 0 Å². The third-order valence-electron chi connectivity index (χ3n) is 4.78. The number of hydrogen-bond acceptors (Lipinski definition) is 2. The predicted molar refractivity (Wildman–Crippen MR) is 81.3 cm³/mol. The fourth-order valence-corrected chi connectivity index (χ4v) is 3.51. The Kier molecular flexibility index (Phi) is 4.51. The van der Waals surface area contributed by atoms with Crippen LogP contribution in [-0.2, 0) is 0 Å². The van der Waals surface area contributed by atoms with Crippen LogP contribution < -0.4 is 10.1 Å². The van der Waals surface area contributed by atoms with Crippen LogP contribution in [0.25, 0.3) is 0 Å². The maximum Gasteiger partial charge on any atom is 0.125 e. The van der Waals surface area contributed by atoms with Crippen LogP contribution in [0.1, 0.15) is 53.9 Å². The van der Waals surface area contributed by atoms with E-state index in [1.54, 1.807) is 0 Å². The molecule has 2 nitrogen and oxygen atoms in total. The minimum Gasteiger partial charge on any atom is -0.496 e. The van der Waals surface area contributed by atoms with Crippen molar-refractivity contribution in [2.75, 3.05) is 14.2 Å². The summed E-state index contributed by atoms with van der Waals surface area (Å²) in [5, 5.41) is 3.41. The van der Waals surface area contributed by atoms with Gasteiger partial charge in [0, 0.05) is 11.6 Å².